The molecule has 34 heavy (non-hydrogen) atoms. The highest BCUT2D eigenvalue weighted by molar-refractivity contribution is 6.30. The Hall–Kier alpha value is -3.15. The van der Waals surface area contributed by atoms with E-state index in [1.807, 2.05) is 76.5 Å². The van der Waals surface area contributed by atoms with Crippen LogP contribution in [0.5, 0.6) is 0 Å². The molecule has 2 aliphatic heterocycles. The Morgan fingerprint density at radius 1 is 1.00 bits per heavy atom. The third-order valence-electron chi connectivity index (χ3n) is 7.35. The van der Waals surface area contributed by atoms with Gasteiger partial charge in [0.15, 0.2) is 0 Å². The van der Waals surface area contributed by atoms with Crippen LogP contribution < -0.4 is 4.90 Å². The first kappa shape index (κ1) is 21.4. The number of carbonyl (C=O) groups excluding carboxylic acids is 2. The SMILES string of the molecule is O=C(c1cccc(CN2C(=O)C3(CC3c3ccc(Cl)cc3)c3ccccc32)c1)N1CCOCC1. The lowest BCUT2D eigenvalue weighted by Gasteiger charge is -2.27. The lowest BCUT2D eigenvalue weighted by atomic mass is 9.92. The van der Waals surface area contributed by atoms with Crippen molar-refractivity contribution >= 4 is 29.1 Å². The Labute approximate surface area is 203 Å². The second kappa shape index (κ2) is 8.26. The van der Waals surface area contributed by atoms with E-state index < -0.39 is 5.41 Å². The fourth-order valence-electron chi connectivity index (χ4n) is 5.54. The van der Waals surface area contributed by atoms with Crippen LogP contribution in [0.4, 0.5) is 5.69 Å². The zero-order valence-corrected chi connectivity index (χ0v) is 19.5. The number of benzene rings is 3. The number of nitrogens with zero attached hydrogens (tertiary/aromatic N) is 2. The van der Waals surface area contributed by atoms with Gasteiger partial charge in [-0.3, -0.25) is 9.59 Å². The van der Waals surface area contributed by atoms with Crippen molar-refractivity contribution in [1.29, 1.82) is 0 Å². The first-order valence-electron chi connectivity index (χ1n) is 11.7. The fourth-order valence-corrected chi connectivity index (χ4v) is 5.66. The van der Waals surface area contributed by atoms with Crippen LogP contribution in [0.2, 0.25) is 5.02 Å². The summed E-state index contributed by atoms with van der Waals surface area (Å²) in [5.74, 6) is 0.302. The molecule has 2 amide bonds. The lowest BCUT2D eigenvalue weighted by Crippen LogP contribution is -2.40. The Balaban J connectivity index is 1.28. The summed E-state index contributed by atoms with van der Waals surface area (Å²) in [6, 6.07) is 23.6. The molecule has 2 atom stereocenters. The molecule has 3 aliphatic rings. The molecule has 6 rings (SSSR count). The van der Waals surface area contributed by atoms with E-state index in [2.05, 4.69) is 6.07 Å². The van der Waals surface area contributed by atoms with Crippen LogP contribution in [0.1, 0.15) is 39.4 Å². The molecular weight excluding hydrogens is 448 g/mol. The molecule has 2 heterocycles. The minimum atomic E-state index is -0.508. The van der Waals surface area contributed by atoms with Crippen LogP contribution in [0, 0.1) is 0 Å². The van der Waals surface area contributed by atoms with Gasteiger partial charge in [-0.25, -0.2) is 0 Å². The van der Waals surface area contributed by atoms with E-state index >= 15 is 0 Å². The molecule has 6 heteroatoms. The van der Waals surface area contributed by atoms with Gasteiger partial charge in [0.25, 0.3) is 5.91 Å². The quantitative estimate of drug-likeness (QED) is 0.549. The first-order chi connectivity index (χ1) is 16.6. The number of rotatable bonds is 4. The van der Waals surface area contributed by atoms with Gasteiger partial charge in [-0.2, -0.15) is 0 Å². The van der Waals surface area contributed by atoms with Gasteiger partial charge >= 0.3 is 0 Å². The summed E-state index contributed by atoms with van der Waals surface area (Å²) in [5, 5.41) is 0.699. The topological polar surface area (TPSA) is 49.9 Å². The summed E-state index contributed by atoms with van der Waals surface area (Å²) in [7, 11) is 0. The van der Waals surface area contributed by atoms with Gasteiger partial charge in [0.2, 0.25) is 5.91 Å². The maximum absolute atomic E-state index is 13.9. The normalized spacial score (nSPS) is 23.3. The van der Waals surface area contributed by atoms with E-state index in [9.17, 15) is 9.59 Å². The van der Waals surface area contributed by atoms with E-state index in [1.54, 1.807) is 0 Å². The van der Waals surface area contributed by atoms with Crippen LogP contribution in [0.3, 0.4) is 0 Å². The summed E-state index contributed by atoms with van der Waals surface area (Å²) in [6.45, 7) is 2.79. The monoisotopic (exact) mass is 472 g/mol. The Bertz CT molecular complexity index is 1270. The highest BCUT2D eigenvalue weighted by atomic mass is 35.5. The number of halogens is 1. The maximum Gasteiger partial charge on any atom is 0.254 e. The number of ether oxygens (including phenoxy) is 1. The number of hydrogen-bond acceptors (Lipinski definition) is 3. The van der Waals surface area contributed by atoms with Crippen molar-refractivity contribution in [1.82, 2.24) is 4.90 Å². The van der Waals surface area contributed by atoms with E-state index in [0.717, 1.165) is 28.8 Å². The predicted molar refractivity (Wildman–Crippen MR) is 131 cm³/mol. The smallest absolute Gasteiger partial charge is 0.254 e. The van der Waals surface area contributed by atoms with Crippen LogP contribution in [0.15, 0.2) is 72.8 Å². The average Bonchev–Trinajstić information content (AvgIpc) is 3.59. The molecular formula is C28H25ClN2O3. The van der Waals surface area contributed by atoms with Crippen LogP contribution in [-0.2, 0) is 21.5 Å². The molecule has 2 unspecified atom stereocenters. The third kappa shape index (κ3) is 3.42. The van der Waals surface area contributed by atoms with Gasteiger partial charge in [0.05, 0.1) is 25.2 Å². The van der Waals surface area contributed by atoms with Gasteiger partial charge in [0, 0.05) is 35.3 Å². The van der Waals surface area contributed by atoms with Crippen molar-refractivity contribution in [3.63, 3.8) is 0 Å². The summed E-state index contributed by atoms with van der Waals surface area (Å²) >= 11 is 6.09. The van der Waals surface area contributed by atoms with Crippen molar-refractivity contribution in [2.45, 2.75) is 24.3 Å². The summed E-state index contributed by atoms with van der Waals surface area (Å²) < 4.78 is 5.37. The van der Waals surface area contributed by atoms with Crippen molar-refractivity contribution in [3.05, 3.63) is 100 Å². The summed E-state index contributed by atoms with van der Waals surface area (Å²) in [4.78, 5) is 30.6. The standard InChI is InChI=1S/C28H25ClN2O3/c29-22-10-8-20(9-11-22)24-17-28(24)23-6-1-2-7-25(23)31(27(28)33)18-19-4-3-5-21(16-19)26(32)30-12-14-34-15-13-30/h1-11,16,24H,12-15,17-18H2. The zero-order valence-electron chi connectivity index (χ0n) is 18.7. The van der Waals surface area contributed by atoms with E-state index in [-0.39, 0.29) is 17.7 Å². The molecule has 5 nitrogen and oxygen atoms in total. The molecule has 0 N–H and O–H groups in total. The van der Waals surface area contributed by atoms with Crippen molar-refractivity contribution in [2.24, 2.45) is 0 Å². The van der Waals surface area contributed by atoms with Gasteiger partial charge in [-0.1, -0.05) is 54.1 Å². The Kier molecular flexibility index (Phi) is 5.19. The molecule has 3 aromatic carbocycles. The molecule has 0 bridgehead atoms. The van der Waals surface area contributed by atoms with Crippen LogP contribution >= 0.6 is 11.6 Å². The van der Waals surface area contributed by atoms with Crippen LogP contribution in [0.25, 0.3) is 0 Å². The largest absolute Gasteiger partial charge is 0.378 e. The number of fused-ring (bicyclic) bond motifs is 2. The Morgan fingerprint density at radius 2 is 1.76 bits per heavy atom. The lowest BCUT2D eigenvalue weighted by molar-refractivity contribution is -0.120. The third-order valence-corrected chi connectivity index (χ3v) is 7.60. The van der Waals surface area contributed by atoms with Gasteiger partial charge in [0.1, 0.15) is 0 Å². The second-order valence-corrected chi connectivity index (χ2v) is 9.73. The van der Waals surface area contributed by atoms with Crippen molar-refractivity contribution in [3.8, 4) is 0 Å². The fraction of sp³-hybridized carbons (Fsp3) is 0.286. The number of morpholine rings is 1. The van der Waals surface area contributed by atoms with Gasteiger partial charge in [-0.05, 0) is 53.4 Å². The first-order valence-corrected chi connectivity index (χ1v) is 12.1. The van der Waals surface area contributed by atoms with Crippen LogP contribution in [-0.4, -0.2) is 43.0 Å². The number of amides is 2. The highest BCUT2D eigenvalue weighted by Crippen LogP contribution is 2.66. The minimum absolute atomic E-state index is 0.0137. The molecule has 3 aromatic rings. The molecule has 1 spiro atoms. The Morgan fingerprint density at radius 3 is 2.56 bits per heavy atom. The summed E-state index contributed by atoms with van der Waals surface area (Å²) in [6.07, 6.45) is 0.802. The molecule has 172 valence electrons. The predicted octanol–water partition coefficient (Wildman–Crippen LogP) is 4.78. The number of hydrogen-bond donors (Lipinski definition) is 0. The van der Waals surface area contributed by atoms with E-state index in [0.29, 0.717) is 43.4 Å². The zero-order chi connectivity index (χ0) is 23.3. The average molecular weight is 473 g/mol. The molecule has 1 aliphatic carbocycles. The maximum atomic E-state index is 13.9. The summed E-state index contributed by atoms with van der Waals surface area (Å²) in [5.41, 5.74) is 4.30. The molecule has 0 aromatic heterocycles. The molecule has 1 saturated carbocycles. The molecule has 2 fully saturated rings. The minimum Gasteiger partial charge on any atom is -0.378 e. The van der Waals surface area contributed by atoms with E-state index in [4.69, 9.17) is 16.3 Å². The van der Waals surface area contributed by atoms with Crippen molar-refractivity contribution in [2.75, 3.05) is 31.2 Å². The highest BCUT2D eigenvalue weighted by Gasteiger charge is 2.67. The van der Waals surface area contributed by atoms with Gasteiger partial charge < -0.3 is 14.5 Å². The molecule has 1 saturated heterocycles. The van der Waals surface area contributed by atoms with E-state index in [1.165, 1.54) is 0 Å². The molecule has 0 radical (unpaired) electrons. The van der Waals surface area contributed by atoms with Crippen molar-refractivity contribution < 1.29 is 14.3 Å². The number of carbonyl (C=O) groups is 2. The van der Waals surface area contributed by atoms with Gasteiger partial charge in [-0.15, -0.1) is 0 Å². The number of para-hydroxylation sites is 1. The second-order valence-electron chi connectivity index (χ2n) is 9.29. The number of anilines is 1.